The second-order valence-corrected chi connectivity index (χ2v) is 7.75. The van der Waals surface area contributed by atoms with E-state index in [4.69, 9.17) is 21.4 Å². The molecule has 0 aliphatic rings. The summed E-state index contributed by atoms with van der Waals surface area (Å²) in [6.07, 6.45) is 1.92. The Kier molecular flexibility index (Phi) is 5.91. The van der Waals surface area contributed by atoms with Gasteiger partial charge in [0.2, 0.25) is 0 Å². The fraction of sp³-hybridized carbons (Fsp3) is 0.150. The van der Waals surface area contributed by atoms with E-state index in [1.165, 1.54) is 0 Å². The monoisotopic (exact) mass is 386 g/mol. The van der Waals surface area contributed by atoms with E-state index in [2.05, 4.69) is 6.58 Å². The first-order valence-corrected chi connectivity index (χ1v) is 9.90. The number of hydrogen-bond acceptors (Lipinski definition) is 3. The van der Waals surface area contributed by atoms with Crippen LogP contribution in [-0.4, -0.2) is 26.9 Å². The third-order valence-electron chi connectivity index (χ3n) is 3.81. The lowest BCUT2D eigenvalue weighted by Gasteiger charge is -2.04. The molecule has 0 saturated carbocycles. The molecule has 6 heteroatoms. The van der Waals surface area contributed by atoms with Gasteiger partial charge in [0, 0.05) is 33.2 Å². The molecule has 26 heavy (non-hydrogen) atoms. The zero-order chi connectivity index (χ0) is 18.5. The van der Waals surface area contributed by atoms with Crippen molar-refractivity contribution in [2.24, 2.45) is 0 Å². The van der Waals surface area contributed by atoms with Crippen molar-refractivity contribution in [2.45, 2.75) is 5.75 Å². The second-order valence-electron chi connectivity index (χ2n) is 5.76. The van der Waals surface area contributed by atoms with Gasteiger partial charge < -0.3 is 4.74 Å². The Morgan fingerprint density at radius 3 is 2.50 bits per heavy atom. The van der Waals surface area contributed by atoms with Crippen LogP contribution in [0.15, 0.2) is 72.4 Å². The Balaban J connectivity index is 2.00. The van der Waals surface area contributed by atoms with E-state index in [1.807, 2.05) is 65.5 Å². The molecule has 3 rings (SSSR count). The Bertz CT molecular complexity index is 921. The maximum atomic E-state index is 12.4. The summed E-state index contributed by atoms with van der Waals surface area (Å²) in [5, 5.41) is 5.12. The molecule has 0 aliphatic heterocycles. The molecule has 1 aromatic heterocycles. The summed E-state index contributed by atoms with van der Waals surface area (Å²) in [5.41, 5.74) is 3.58. The Morgan fingerprint density at radius 1 is 1.19 bits per heavy atom. The number of ether oxygens (including phenoxy) is 1. The van der Waals surface area contributed by atoms with Gasteiger partial charge in [0.05, 0.1) is 30.0 Å². The third kappa shape index (κ3) is 4.42. The van der Waals surface area contributed by atoms with Gasteiger partial charge in [-0.2, -0.15) is 5.10 Å². The van der Waals surface area contributed by atoms with Gasteiger partial charge >= 0.3 is 0 Å². The van der Waals surface area contributed by atoms with E-state index in [0.717, 1.165) is 28.3 Å². The Hall–Kier alpha value is -2.37. The normalized spacial score (nSPS) is 11.9. The molecule has 134 valence electrons. The minimum atomic E-state index is -1.14. The average molecular weight is 387 g/mol. The third-order valence-corrected chi connectivity index (χ3v) is 5.40. The van der Waals surface area contributed by atoms with Gasteiger partial charge in [0.1, 0.15) is 5.75 Å². The van der Waals surface area contributed by atoms with E-state index in [9.17, 15) is 4.21 Å². The Morgan fingerprint density at radius 2 is 1.88 bits per heavy atom. The topological polar surface area (TPSA) is 44.1 Å². The van der Waals surface area contributed by atoms with Crippen molar-refractivity contribution in [3.8, 4) is 22.7 Å². The Labute approximate surface area is 160 Å². The van der Waals surface area contributed by atoms with Crippen molar-refractivity contribution in [3.05, 3.63) is 78.0 Å². The lowest BCUT2D eigenvalue weighted by Crippen LogP contribution is -2.01. The highest BCUT2D eigenvalue weighted by molar-refractivity contribution is 7.84. The van der Waals surface area contributed by atoms with E-state index < -0.39 is 10.8 Å². The van der Waals surface area contributed by atoms with Crippen molar-refractivity contribution >= 4 is 22.4 Å². The number of halogens is 1. The molecule has 0 unspecified atom stereocenters. The summed E-state index contributed by atoms with van der Waals surface area (Å²) in [7, 11) is 0.488. The maximum Gasteiger partial charge on any atom is 0.118 e. The molecule has 0 amide bonds. The van der Waals surface area contributed by atoms with Crippen molar-refractivity contribution in [2.75, 3.05) is 12.9 Å². The molecular formula is C20H19ClN2O2S. The number of rotatable bonds is 7. The largest absolute Gasteiger partial charge is 0.497 e. The zero-order valence-electron chi connectivity index (χ0n) is 14.4. The van der Waals surface area contributed by atoms with Gasteiger partial charge in [-0.1, -0.05) is 36.4 Å². The van der Waals surface area contributed by atoms with E-state index in [1.54, 1.807) is 7.11 Å². The van der Waals surface area contributed by atoms with Gasteiger partial charge in [-0.3, -0.25) is 4.21 Å². The van der Waals surface area contributed by atoms with Gasteiger partial charge in [0.25, 0.3) is 0 Å². The van der Waals surface area contributed by atoms with Crippen molar-refractivity contribution in [1.82, 2.24) is 9.78 Å². The van der Waals surface area contributed by atoms with Gasteiger partial charge in [-0.25, -0.2) is 4.68 Å². The average Bonchev–Trinajstić information content (AvgIpc) is 3.05. The number of benzene rings is 2. The quantitative estimate of drug-likeness (QED) is 0.598. The molecule has 3 aromatic rings. The minimum absolute atomic E-state index is 0.264. The molecular weight excluding hydrogens is 368 g/mol. The van der Waals surface area contributed by atoms with Gasteiger partial charge in [-0.05, 0) is 36.4 Å². The van der Waals surface area contributed by atoms with E-state index >= 15 is 0 Å². The zero-order valence-corrected chi connectivity index (χ0v) is 16.0. The highest BCUT2D eigenvalue weighted by Gasteiger charge is 2.15. The first-order valence-electron chi connectivity index (χ1n) is 8.03. The number of hydrogen-bond donors (Lipinski definition) is 0. The van der Waals surface area contributed by atoms with E-state index in [-0.39, 0.29) is 5.75 Å². The fourth-order valence-corrected chi connectivity index (χ4v) is 3.99. The number of para-hydroxylation sites is 1. The maximum absolute atomic E-state index is 12.4. The summed E-state index contributed by atoms with van der Waals surface area (Å²) >= 11 is 5.81. The van der Waals surface area contributed by atoms with Crippen LogP contribution in [0.25, 0.3) is 16.9 Å². The highest BCUT2D eigenvalue weighted by Crippen LogP contribution is 2.27. The van der Waals surface area contributed by atoms with E-state index in [0.29, 0.717) is 10.8 Å². The van der Waals surface area contributed by atoms with Crippen LogP contribution in [0.2, 0.25) is 0 Å². The molecule has 0 radical (unpaired) electrons. The number of nitrogens with zero attached hydrogens (tertiary/aromatic N) is 2. The van der Waals surface area contributed by atoms with Crippen LogP contribution >= 0.6 is 11.6 Å². The molecule has 0 N–H and O–H groups in total. The SMILES string of the molecule is C=C(Cl)C[S@](=O)Cc1cn(-c2ccccc2)nc1-c1ccc(OC)cc1. The summed E-state index contributed by atoms with van der Waals surface area (Å²) in [6.45, 7) is 3.63. The summed E-state index contributed by atoms with van der Waals surface area (Å²) in [4.78, 5) is 0. The smallest absolute Gasteiger partial charge is 0.118 e. The minimum Gasteiger partial charge on any atom is -0.497 e. The predicted octanol–water partition coefficient (Wildman–Crippen LogP) is 4.55. The van der Waals surface area contributed by atoms with Gasteiger partial charge in [0.15, 0.2) is 0 Å². The summed E-state index contributed by atoms with van der Waals surface area (Å²) in [5.74, 6) is 1.40. The standard InChI is InChI=1S/C20H19ClN2O2S/c1-15(21)13-26(24)14-17-12-23(18-6-4-3-5-7-18)22-20(17)16-8-10-19(25-2)11-9-16/h3-12H,1,13-14H2,2H3/t26-/m0/s1. The first-order chi connectivity index (χ1) is 12.6. The summed E-state index contributed by atoms with van der Waals surface area (Å²) < 4.78 is 19.4. The summed E-state index contributed by atoms with van der Waals surface area (Å²) in [6, 6.07) is 17.5. The van der Waals surface area contributed by atoms with Gasteiger partial charge in [-0.15, -0.1) is 0 Å². The lowest BCUT2D eigenvalue weighted by molar-refractivity contribution is 0.415. The molecule has 0 spiro atoms. The van der Waals surface area contributed by atoms with Crippen LogP contribution in [0.5, 0.6) is 5.75 Å². The number of methoxy groups -OCH3 is 1. The molecule has 1 atom stereocenters. The van der Waals surface area contributed by atoms with Crippen LogP contribution in [0, 0.1) is 0 Å². The number of aromatic nitrogens is 2. The molecule has 2 aromatic carbocycles. The molecule has 0 aliphatic carbocycles. The van der Waals surface area contributed by atoms with Crippen molar-refractivity contribution < 1.29 is 8.95 Å². The fourth-order valence-electron chi connectivity index (χ4n) is 2.62. The van der Waals surface area contributed by atoms with Crippen LogP contribution in [-0.2, 0) is 16.6 Å². The molecule has 0 saturated heterocycles. The highest BCUT2D eigenvalue weighted by atomic mass is 35.5. The first kappa shape index (κ1) is 18.4. The molecule has 0 fully saturated rings. The second kappa shape index (κ2) is 8.34. The lowest BCUT2D eigenvalue weighted by atomic mass is 10.1. The molecule has 1 heterocycles. The van der Waals surface area contributed by atoms with Crippen LogP contribution in [0.3, 0.4) is 0 Å². The van der Waals surface area contributed by atoms with Crippen molar-refractivity contribution in [1.29, 1.82) is 0 Å². The molecule has 4 nitrogen and oxygen atoms in total. The predicted molar refractivity (Wildman–Crippen MR) is 107 cm³/mol. The van der Waals surface area contributed by atoms with Crippen LogP contribution < -0.4 is 4.74 Å². The van der Waals surface area contributed by atoms with Crippen LogP contribution in [0.1, 0.15) is 5.56 Å². The molecule has 0 bridgehead atoms. The van der Waals surface area contributed by atoms with Crippen molar-refractivity contribution in [3.63, 3.8) is 0 Å². The van der Waals surface area contributed by atoms with Crippen LogP contribution in [0.4, 0.5) is 0 Å².